The van der Waals surface area contributed by atoms with E-state index in [2.05, 4.69) is 6.07 Å². The van der Waals surface area contributed by atoms with Crippen LogP contribution >= 0.6 is 0 Å². The second-order valence-corrected chi connectivity index (χ2v) is 5.18. The van der Waals surface area contributed by atoms with E-state index in [0.717, 1.165) is 28.8 Å². The van der Waals surface area contributed by atoms with Crippen molar-refractivity contribution in [3.05, 3.63) is 76.2 Å². The molecule has 0 bridgehead atoms. The van der Waals surface area contributed by atoms with Crippen LogP contribution in [0.4, 0.5) is 0 Å². The van der Waals surface area contributed by atoms with E-state index in [1.165, 1.54) is 0 Å². The van der Waals surface area contributed by atoms with E-state index >= 15 is 0 Å². The molecule has 22 heavy (non-hydrogen) atoms. The first-order chi connectivity index (χ1) is 10.8. The molecule has 0 unspecified atom stereocenters. The van der Waals surface area contributed by atoms with Crippen molar-refractivity contribution in [3.63, 3.8) is 0 Å². The number of hydrogen-bond donors (Lipinski definition) is 0. The fraction of sp³-hybridized carbons (Fsp3) is 0.158. The number of aromatic nitrogens is 1. The molecule has 0 saturated heterocycles. The van der Waals surface area contributed by atoms with Gasteiger partial charge in [0.05, 0.1) is 17.9 Å². The molecule has 1 aromatic heterocycles. The molecule has 3 aromatic rings. The summed E-state index contributed by atoms with van der Waals surface area (Å²) in [5.41, 5.74) is 2.57. The summed E-state index contributed by atoms with van der Waals surface area (Å²) in [6, 6.07) is 19.5. The van der Waals surface area contributed by atoms with Gasteiger partial charge in [-0.3, -0.25) is 9.36 Å². The predicted molar refractivity (Wildman–Crippen MR) is 88.2 cm³/mol. The van der Waals surface area contributed by atoms with Crippen LogP contribution in [0.25, 0.3) is 16.5 Å². The third-order valence-electron chi connectivity index (χ3n) is 3.86. The maximum Gasteiger partial charge on any atom is 0.263 e. The van der Waals surface area contributed by atoms with Gasteiger partial charge in [0.1, 0.15) is 0 Å². The molecular formula is C19H16N2O. The second kappa shape index (κ2) is 5.87. The lowest BCUT2D eigenvalue weighted by atomic mass is 10.0. The molecule has 0 atom stereocenters. The summed E-state index contributed by atoms with van der Waals surface area (Å²) in [5.74, 6) is 0. The van der Waals surface area contributed by atoms with Gasteiger partial charge in [-0.1, -0.05) is 43.3 Å². The standard InChI is InChI=1S/C19H16N2O/c1-2-16-13-15-8-6-7-14(11-12-20)18(15)19(22)21(16)17-9-4-3-5-10-17/h3-10,13H,2,11H2,1H3. The number of nitrogens with zero attached hydrogens (tertiary/aromatic N) is 2. The van der Waals surface area contributed by atoms with E-state index in [1.54, 1.807) is 4.57 Å². The van der Waals surface area contributed by atoms with Gasteiger partial charge in [0, 0.05) is 11.4 Å². The number of benzene rings is 2. The smallest absolute Gasteiger partial charge is 0.263 e. The number of fused-ring (bicyclic) bond motifs is 1. The Bertz CT molecular complexity index is 918. The van der Waals surface area contributed by atoms with Gasteiger partial charge >= 0.3 is 0 Å². The predicted octanol–water partition coefficient (Wildman–Crippen LogP) is 3.62. The minimum atomic E-state index is -0.0496. The molecule has 3 nitrogen and oxygen atoms in total. The largest absolute Gasteiger partial charge is 0.281 e. The lowest BCUT2D eigenvalue weighted by Gasteiger charge is -2.14. The van der Waals surface area contributed by atoms with Crippen LogP contribution in [-0.4, -0.2) is 4.57 Å². The maximum absolute atomic E-state index is 13.1. The van der Waals surface area contributed by atoms with E-state index in [-0.39, 0.29) is 12.0 Å². The van der Waals surface area contributed by atoms with Crippen molar-refractivity contribution in [3.8, 4) is 11.8 Å². The Morgan fingerprint density at radius 1 is 1.09 bits per heavy atom. The Morgan fingerprint density at radius 2 is 1.86 bits per heavy atom. The van der Waals surface area contributed by atoms with Crippen molar-refractivity contribution >= 4 is 10.8 Å². The zero-order chi connectivity index (χ0) is 15.5. The molecule has 0 aliphatic carbocycles. The Morgan fingerprint density at radius 3 is 2.55 bits per heavy atom. The highest BCUT2D eigenvalue weighted by molar-refractivity contribution is 5.86. The van der Waals surface area contributed by atoms with Gasteiger partial charge in [-0.05, 0) is 35.6 Å². The molecular weight excluding hydrogens is 272 g/mol. The minimum absolute atomic E-state index is 0.0496. The van der Waals surface area contributed by atoms with E-state index in [1.807, 2.05) is 61.5 Å². The Balaban J connectivity index is 2.42. The van der Waals surface area contributed by atoms with Crippen molar-refractivity contribution in [2.75, 3.05) is 0 Å². The summed E-state index contributed by atoms with van der Waals surface area (Å²) in [4.78, 5) is 13.1. The Labute approximate surface area is 129 Å². The van der Waals surface area contributed by atoms with Gasteiger partial charge in [-0.25, -0.2) is 0 Å². The number of nitriles is 1. The van der Waals surface area contributed by atoms with Crippen molar-refractivity contribution < 1.29 is 0 Å². The maximum atomic E-state index is 13.1. The molecule has 2 aromatic carbocycles. The first-order valence-electron chi connectivity index (χ1n) is 7.35. The van der Waals surface area contributed by atoms with E-state index in [0.29, 0.717) is 5.39 Å². The molecule has 0 aliphatic rings. The number of para-hydroxylation sites is 1. The SMILES string of the molecule is CCc1cc2cccc(CC#N)c2c(=O)n1-c1ccccc1. The summed E-state index contributed by atoms with van der Waals surface area (Å²) in [7, 11) is 0. The van der Waals surface area contributed by atoms with Crippen LogP contribution in [-0.2, 0) is 12.8 Å². The van der Waals surface area contributed by atoms with Crippen LogP contribution in [0.3, 0.4) is 0 Å². The van der Waals surface area contributed by atoms with Crippen LogP contribution < -0.4 is 5.56 Å². The van der Waals surface area contributed by atoms with Gasteiger partial charge in [0.2, 0.25) is 0 Å². The van der Waals surface area contributed by atoms with Crippen molar-refractivity contribution in [1.29, 1.82) is 5.26 Å². The summed E-state index contributed by atoms with van der Waals surface area (Å²) < 4.78 is 1.75. The van der Waals surface area contributed by atoms with Crippen molar-refractivity contribution in [2.24, 2.45) is 0 Å². The van der Waals surface area contributed by atoms with Crippen molar-refractivity contribution in [1.82, 2.24) is 4.57 Å². The molecule has 3 rings (SSSR count). The minimum Gasteiger partial charge on any atom is -0.281 e. The number of pyridine rings is 1. The van der Waals surface area contributed by atoms with Gasteiger partial charge in [-0.15, -0.1) is 0 Å². The van der Waals surface area contributed by atoms with Crippen LogP contribution in [0.5, 0.6) is 0 Å². The average Bonchev–Trinajstić information content (AvgIpc) is 2.55. The molecule has 0 spiro atoms. The van der Waals surface area contributed by atoms with Crippen LogP contribution in [0.1, 0.15) is 18.2 Å². The normalized spacial score (nSPS) is 10.5. The third-order valence-corrected chi connectivity index (χ3v) is 3.86. The van der Waals surface area contributed by atoms with Crippen LogP contribution in [0, 0.1) is 11.3 Å². The lowest BCUT2D eigenvalue weighted by molar-refractivity contribution is 0.888. The Kier molecular flexibility index (Phi) is 3.76. The molecule has 0 amide bonds. The van der Waals surface area contributed by atoms with Gasteiger partial charge in [0.25, 0.3) is 5.56 Å². The average molecular weight is 288 g/mol. The highest BCUT2D eigenvalue weighted by atomic mass is 16.1. The van der Waals surface area contributed by atoms with E-state index in [4.69, 9.17) is 5.26 Å². The topological polar surface area (TPSA) is 45.8 Å². The van der Waals surface area contributed by atoms with Crippen molar-refractivity contribution in [2.45, 2.75) is 19.8 Å². The molecule has 3 heteroatoms. The number of aryl methyl sites for hydroxylation is 1. The van der Waals surface area contributed by atoms with Gasteiger partial charge in [0.15, 0.2) is 0 Å². The monoisotopic (exact) mass is 288 g/mol. The Hall–Kier alpha value is -2.86. The quantitative estimate of drug-likeness (QED) is 0.739. The molecule has 0 aliphatic heterocycles. The second-order valence-electron chi connectivity index (χ2n) is 5.18. The fourth-order valence-corrected chi connectivity index (χ4v) is 2.84. The molecule has 108 valence electrons. The van der Waals surface area contributed by atoms with Crippen LogP contribution in [0.2, 0.25) is 0 Å². The first-order valence-corrected chi connectivity index (χ1v) is 7.35. The summed E-state index contributed by atoms with van der Waals surface area (Å²) >= 11 is 0. The molecule has 0 N–H and O–H groups in total. The van der Waals surface area contributed by atoms with Gasteiger partial charge in [-0.2, -0.15) is 5.26 Å². The summed E-state index contributed by atoms with van der Waals surface area (Å²) in [6.07, 6.45) is 1.01. The summed E-state index contributed by atoms with van der Waals surface area (Å²) in [5, 5.41) is 10.5. The highest BCUT2D eigenvalue weighted by Gasteiger charge is 2.12. The van der Waals surface area contributed by atoms with E-state index < -0.39 is 0 Å². The molecule has 0 saturated carbocycles. The molecule has 0 radical (unpaired) electrons. The van der Waals surface area contributed by atoms with E-state index in [9.17, 15) is 4.79 Å². The fourth-order valence-electron chi connectivity index (χ4n) is 2.84. The third kappa shape index (κ3) is 2.29. The lowest BCUT2D eigenvalue weighted by Crippen LogP contribution is -2.22. The van der Waals surface area contributed by atoms with Crippen LogP contribution in [0.15, 0.2) is 59.4 Å². The first kappa shape index (κ1) is 14.1. The molecule has 0 fully saturated rings. The zero-order valence-electron chi connectivity index (χ0n) is 12.4. The number of hydrogen-bond acceptors (Lipinski definition) is 2. The number of rotatable bonds is 3. The highest BCUT2D eigenvalue weighted by Crippen LogP contribution is 2.20. The van der Waals surface area contributed by atoms with Gasteiger partial charge < -0.3 is 0 Å². The zero-order valence-corrected chi connectivity index (χ0v) is 12.4. The summed E-state index contributed by atoms with van der Waals surface area (Å²) in [6.45, 7) is 2.04. The molecule has 1 heterocycles.